The molecule has 0 aliphatic heterocycles. The number of unbranched alkanes of at least 4 members (excludes halogenated alkanes) is 6. The lowest BCUT2D eigenvalue weighted by molar-refractivity contribution is -0.133. The lowest BCUT2D eigenvalue weighted by Crippen LogP contribution is -2.45. The lowest BCUT2D eigenvalue weighted by Gasteiger charge is -2.26. The summed E-state index contributed by atoms with van der Waals surface area (Å²) in [6.45, 7) is 10.5. The number of carbonyl (C=O) groups excluding carboxylic acids is 1. The second kappa shape index (κ2) is 13.1. The van der Waals surface area contributed by atoms with E-state index in [1.807, 2.05) is 4.90 Å². The molecule has 0 radical (unpaired) electrons. The van der Waals surface area contributed by atoms with Gasteiger partial charge in [-0.15, -0.1) is 0 Å². The van der Waals surface area contributed by atoms with E-state index in [1.165, 1.54) is 38.5 Å². The molecule has 0 unspecified atom stereocenters. The third-order valence-corrected chi connectivity index (χ3v) is 3.92. The number of amides is 1. The van der Waals surface area contributed by atoms with Crippen LogP contribution in [-0.4, -0.2) is 29.9 Å². The van der Waals surface area contributed by atoms with Crippen LogP contribution in [-0.2, 0) is 4.79 Å². The van der Waals surface area contributed by atoms with Crippen molar-refractivity contribution in [2.24, 2.45) is 11.7 Å². The van der Waals surface area contributed by atoms with Crippen molar-refractivity contribution >= 4 is 5.91 Å². The number of hydrogen-bond donors (Lipinski definition) is 1. The fourth-order valence-electron chi connectivity index (χ4n) is 2.63. The second-order valence-electron chi connectivity index (χ2n) is 6.68. The fraction of sp³-hybridized carbons (Fsp3) is 0.944. The predicted octanol–water partition coefficient (Wildman–Crippen LogP) is 4.35. The zero-order chi connectivity index (χ0) is 16.1. The number of rotatable bonds is 13. The van der Waals surface area contributed by atoms with Gasteiger partial charge in [0.25, 0.3) is 0 Å². The van der Waals surface area contributed by atoms with Crippen LogP contribution in [0, 0.1) is 5.92 Å². The van der Waals surface area contributed by atoms with E-state index in [0.29, 0.717) is 5.92 Å². The minimum Gasteiger partial charge on any atom is -0.341 e. The van der Waals surface area contributed by atoms with Crippen LogP contribution in [0.25, 0.3) is 0 Å². The molecule has 0 heterocycles. The maximum Gasteiger partial charge on any atom is 0.239 e. The SMILES string of the molecule is CCCCCCN(CCCCCC)C(=O)[C@@H](N)CC(C)C. The molecule has 0 saturated heterocycles. The molecule has 3 heteroatoms. The molecule has 0 aromatic rings. The summed E-state index contributed by atoms with van der Waals surface area (Å²) in [4.78, 5) is 14.5. The van der Waals surface area contributed by atoms with Crippen LogP contribution in [0.4, 0.5) is 0 Å². The second-order valence-corrected chi connectivity index (χ2v) is 6.68. The molecule has 0 aromatic carbocycles. The first kappa shape index (κ1) is 20.4. The number of carbonyl (C=O) groups is 1. The van der Waals surface area contributed by atoms with E-state index in [-0.39, 0.29) is 11.9 Å². The van der Waals surface area contributed by atoms with Gasteiger partial charge < -0.3 is 10.6 Å². The van der Waals surface area contributed by atoms with E-state index in [0.717, 1.165) is 32.4 Å². The molecule has 126 valence electrons. The minimum absolute atomic E-state index is 0.164. The number of nitrogens with zero attached hydrogens (tertiary/aromatic N) is 1. The normalized spacial score (nSPS) is 12.7. The summed E-state index contributed by atoms with van der Waals surface area (Å²) in [5.74, 6) is 0.641. The quantitative estimate of drug-likeness (QED) is 0.514. The van der Waals surface area contributed by atoms with Crippen LogP contribution in [0.5, 0.6) is 0 Å². The van der Waals surface area contributed by atoms with E-state index >= 15 is 0 Å². The third kappa shape index (κ3) is 10.8. The summed E-state index contributed by atoms with van der Waals surface area (Å²) in [6, 6.07) is -0.317. The maximum atomic E-state index is 12.5. The van der Waals surface area contributed by atoms with Gasteiger partial charge in [0.2, 0.25) is 5.91 Å². The highest BCUT2D eigenvalue weighted by atomic mass is 16.2. The van der Waals surface area contributed by atoms with Crippen LogP contribution < -0.4 is 5.73 Å². The molecule has 1 amide bonds. The van der Waals surface area contributed by atoms with Crippen LogP contribution >= 0.6 is 0 Å². The molecule has 0 spiro atoms. The first-order chi connectivity index (χ1) is 10.0. The molecule has 21 heavy (non-hydrogen) atoms. The Morgan fingerprint density at radius 1 is 0.905 bits per heavy atom. The van der Waals surface area contributed by atoms with Crippen molar-refractivity contribution in [1.29, 1.82) is 0 Å². The molecule has 1 atom stereocenters. The van der Waals surface area contributed by atoms with Gasteiger partial charge >= 0.3 is 0 Å². The molecule has 0 bridgehead atoms. The zero-order valence-electron chi connectivity index (χ0n) is 14.9. The Kier molecular flexibility index (Phi) is 12.8. The summed E-state index contributed by atoms with van der Waals surface area (Å²) in [7, 11) is 0. The molecule has 0 aliphatic rings. The smallest absolute Gasteiger partial charge is 0.239 e. The highest BCUT2D eigenvalue weighted by Crippen LogP contribution is 2.10. The number of nitrogens with two attached hydrogens (primary N) is 1. The lowest BCUT2D eigenvalue weighted by atomic mass is 10.0. The molecule has 2 N–H and O–H groups in total. The monoisotopic (exact) mass is 298 g/mol. The summed E-state index contributed by atoms with van der Waals surface area (Å²) in [5.41, 5.74) is 6.09. The first-order valence-corrected chi connectivity index (χ1v) is 9.07. The van der Waals surface area contributed by atoms with Crippen molar-refractivity contribution < 1.29 is 4.79 Å². The van der Waals surface area contributed by atoms with Crippen molar-refractivity contribution in [2.75, 3.05) is 13.1 Å². The van der Waals surface area contributed by atoms with Crippen molar-refractivity contribution in [2.45, 2.75) is 91.5 Å². The Bertz CT molecular complexity index is 242. The van der Waals surface area contributed by atoms with Gasteiger partial charge in [0, 0.05) is 13.1 Å². The molecule has 0 saturated carbocycles. The Balaban J connectivity index is 4.28. The van der Waals surface area contributed by atoms with Crippen LogP contribution in [0.15, 0.2) is 0 Å². The molecule has 0 rings (SSSR count). The van der Waals surface area contributed by atoms with Gasteiger partial charge in [0.15, 0.2) is 0 Å². The van der Waals surface area contributed by atoms with Crippen LogP contribution in [0.3, 0.4) is 0 Å². The topological polar surface area (TPSA) is 46.3 Å². The van der Waals surface area contributed by atoms with E-state index < -0.39 is 0 Å². The Hall–Kier alpha value is -0.570. The Morgan fingerprint density at radius 3 is 1.76 bits per heavy atom. The maximum absolute atomic E-state index is 12.5. The van der Waals surface area contributed by atoms with E-state index in [2.05, 4.69) is 27.7 Å². The van der Waals surface area contributed by atoms with Crippen molar-refractivity contribution in [1.82, 2.24) is 4.90 Å². The average Bonchev–Trinajstić information content (AvgIpc) is 2.44. The van der Waals surface area contributed by atoms with Gasteiger partial charge in [-0.2, -0.15) is 0 Å². The van der Waals surface area contributed by atoms with Crippen LogP contribution in [0.1, 0.15) is 85.5 Å². The molecule has 0 aromatic heterocycles. The summed E-state index contributed by atoms with van der Waals surface area (Å²) in [6.07, 6.45) is 10.4. The van der Waals surface area contributed by atoms with Gasteiger partial charge in [-0.05, 0) is 25.2 Å². The summed E-state index contributed by atoms with van der Waals surface area (Å²) in [5, 5.41) is 0. The van der Waals surface area contributed by atoms with E-state index in [4.69, 9.17) is 5.73 Å². The predicted molar refractivity (Wildman–Crippen MR) is 92.3 cm³/mol. The largest absolute Gasteiger partial charge is 0.341 e. The standard InChI is InChI=1S/C18H38N2O/c1-5-7-9-11-13-20(14-12-10-8-6-2)18(21)17(19)15-16(3)4/h16-17H,5-15,19H2,1-4H3/t17-/m0/s1. The third-order valence-electron chi connectivity index (χ3n) is 3.92. The van der Waals surface area contributed by atoms with Gasteiger partial charge in [0.1, 0.15) is 0 Å². The Morgan fingerprint density at radius 2 is 1.38 bits per heavy atom. The molecular formula is C18H38N2O. The summed E-state index contributed by atoms with van der Waals surface area (Å²) >= 11 is 0. The van der Waals surface area contributed by atoms with E-state index in [9.17, 15) is 4.79 Å². The highest BCUT2D eigenvalue weighted by Gasteiger charge is 2.21. The Labute approximate surface area is 132 Å². The van der Waals surface area contributed by atoms with Crippen molar-refractivity contribution in [3.05, 3.63) is 0 Å². The van der Waals surface area contributed by atoms with Gasteiger partial charge in [-0.25, -0.2) is 0 Å². The first-order valence-electron chi connectivity index (χ1n) is 9.07. The fourth-order valence-corrected chi connectivity index (χ4v) is 2.63. The molecule has 3 nitrogen and oxygen atoms in total. The van der Waals surface area contributed by atoms with Gasteiger partial charge in [0.05, 0.1) is 6.04 Å². The van der Waals surface area contributed by atoms with Crippen molar-refractivity contribution in [3.63, 3.8) is 0 Å². The highest BCUT2D eigenvalue weighted by molar-refractivity contribution is 5.81. The molecule has 0 aliphatic carbocycles. The molecular weight excluding hydrogens is 260 g/mol. The zero-order valence-corrected chi connectivity index (χ0v) is 14.9. The van der Waals surface area contributed by atoms with Gasteiger partial charge in [-0.1, -0.05) is 66.2 Å². The average molecular weight is 299 g/mol. The van der Waals surface area contributed by atoms with E-state index in [1.54, 1.807) is 0 Å². The van der Waals surface area contributed by atoms with Crippen molar-refractivity contribution in [3.8, 4) is 0 Å². The summed E-state index contributed by atoms with van der Waals surface area (Å²) < 4.78 is 0. The van der Waals surface area contributed by atoms with Gasteiger partial charge in [-0.3, -0.25) is 4.79 Å². The minimum atomic E-state index is -0.317. The molecule has 0 fully saturated rings. The number of hydrogen-bond acceptors (Lipinski definition) is 2. The van der Waals surface area contributed by atoms with Crippen LogP contribution in [0.2, 0.25) is 0 Å².